The normalized spacial score (nSPS) is 18.3. The summed E-state index contributed by atoms with van der Waals surface area (Å²) >= 11 is 5.67. The first-order chi connectivity index (χ1) is 13.7. The zero-order valence-electron chi connectivity index (χ0n) is 14.2. The molecule has 9 nitrogen and oxygen atoms in total. The molecule has 0 bridgehead atoms. The summed E-state index contributed by atoms with van der Waals surface area (Å²) in [5.41, 5.74) is -2.07. The first kappa shape index (κ1) is 19.6. The van der Waals surface area contributed by atoms with E-state index in [0.29, 0.717) is 10.8 Å². The van der Waals surface area contributed by atoms with Gasteiger partial charge in [-0.05, 0) is 12.1 Å². The molecule has 4 rings (SSSR count). The molecule has 13 heteroatoms. The highest BCUT2D eigenvalue weighted by Gasteiger charge is 2.37. The highest BCUT2D eigenvalue weighted by Crippen LogP contribution is 2.55. The number of aromatic amines is 1. The van der Waals surface area contributed by atoms with Crippen molar-refractivity contribution in [2.24, 2.45) is 0 Å². The van der Waals surface area contributed by atoms with Crippen molar-refractivity contribution in [3.05, 3.63) is 79.3 Å². The molecule has 152 valence electrons. The Kier molecular flexibility index (Phi) is 4.91. The number of phosphoric acid groups is 1. The van der Waals surface area contributed by atoms with E-state index in [9.17, 15) is 22.9 Å². The molecular formula is C16H10ClF2N2O7P. The van der Waals surface area contributed by atoms with Crippen LogP contribution in [0.25, 0.3) is 5.88 Å². The molecule has 0 saturated heterocycles. The van der Waals surface area contributed by atoms with E-state index < -0.39 is 37.3 Å². The monoisotopic (exact) mass is 446 g/mol. The predicted octanol–water partition coefficient (Wildman–Crippen LogP) is 3.28. The van der Waals surface area contributed by atoms with E-state index in [1.54, 1.807) is 4.98 Å². The largest absolute Gasteiger partial charge is 0.530 e. The average molecular weight is 447 g/mol. The van der Waals surface area contributed by atoms with Gasteiger partial charge >= 0.3 is 13.5 Å². The fraction of sp³-hybridized carbons (Fsp3) is 0.125. The molecule has 1 N–H and O–H groups in total. The lowest BCUT2D eigenvalue weighted by Crippen LogP contribution is -2.30. The average Bonchev–Trinajstić information content (AvgIpc) is 3.06. The minimum absolute atomic E-state index is 0.0475. The van der Waals surface area contributed by atoms with Crippen LogP contribution in [0.15, 0.2) is 44.5 Å². The molecule has 1 aliphatic heterocycles. The van der Waals surface area contributed by atoms with E-state index in [2.05, 4.69) is 0 Å². The fourth-order valence-electron chi connectivity index (χ4n) is 2.44. The second-order valence-corrected chi connectivity index (χ2v) is 7.83. The summed E-state index contributed by atoms with van der Waals surface area (Å²) in [5.74, 6) is -2.12. The van der Waals surface area contributed by atoms with Gasteiger partial charge in [0, 0.05) is 16.7 Å². The summed E-state index contributed by atoms with van der Waals surface area (Å²) in [6.45, 7) is -0.777. The second-order valence-electron chi connectivity index (χ2n) is 5.80. The van der Waals surface area contributed by atoms with Crippen LogP contribution in [-0.2, 0) is 26.8 Å². The molecule has 2 aromatic heterocycles. The summed E-state index contributed by atoms with van der Waals surface area (Å²) in [6, 6.07) is 5.01. The van der Waals surface area contributed by atoms with Crippen molar-refractivity contribution in [1.29, 1.82) is 0 Å². The van der Waals surface area contributed by atoms with Gasteiger partial charge < -0.3 is 8.94 Å². The molecule has 0 fully saturated rings. The van der Waals surface area contributed by atoms with Crippen molar-refractivity contribution in [3.63, 3.8) is 0 Å². The number of rotatable bonds is 4. The molecule has 1 unspecified atom stereocenters. The first-order valence-electron chi connectivity index (χ1n) is 7.91. The zero-order valence-corrected chi connectivity index (χ0v) is 15.8. The Morgan fingerprint density at radius 1 is 1.24 bits per heavy atom. The first-order valence-corrected chi connectivity index (χ1v) is 9.75. The van der Waals surface area contributed by atoms with Crippen LogP contribution in [0.3, 0.4) is 0 Å². The van der Waals surface area contributed by atoms with Crippen LogP contribution in [0.4, 0.5) is 8.78 Å². The van der Waals surface area contributed by atoms with E-state index in [1.165, 1.54) is 12.1 Å². The Morgan fingerprint density at radius 3 is 2.79 bits per heavy atom. The maximum absolute atomic E-state index is 13.8. The van der Waals surface area contributed by atoms with Crippen LogP contribution < -0.4 is 15.8 Å². The van der Waals surface area contributed by atoms with Crippen LogP contribution >= 0.6 is 19.4 Å². The van der Waals surface area contributed by atoms with Gasteiger partial charge in [0.25, 0.3) is 5.56 Å². The molecule has 0 radical (unpaired) electrons. The lowest BCUT2D eigenvalue weighted by atomic mass is 10.2. The maximum Gasteiger partial charge on any atom is 0.530 e. The zero-order chi connectivity index (χ0) is 20.8. The number of phosphoric ester groups is 1. The topological polar surface area (TPSA) is 113 Å². The third kappa shape index (κ3) is 3.90. The standard InChI is InChI=1S/C16H10ClF2N2O7P/c17-9-2-1-8(10(18)3-9)6-25-29(24)26-7-13-12(28-29)4-14(27-13)21-5-11(19)15(22)20-16(21)23/h1-5H,6-7H2,(H,20,22,23). The number of hydrogen-bond acceptors (Lipinski definition) is 7. The number of aromatic nitrogens is 2. The van der Waals surface area contributed by atoms with Gasteiger partial charge in [0.05, 0.1) is 12.8 Å². The van der Waals surface area contributed by atoms with Gasteiger partial charge in [0.15, 0.2) is 11.5 Å². The summed E-state index contributed by atoms with van der Waals surface area (Å²) < 4.78 is 61.3. The number of benzene rings is 1. The summed E-state index contributed by atoms with van der Waals surface area (Å²) in [5, 5.41) is 0.188. The van der Waals surface area contributed by atoms with Crippen LogP contribution in [0.1, 0.15) is 11.3 Å². The van der Waals surface area contributed by atoms with Gasteiger partial charge in [0.1, 0.15) is 12.4 Å². The minimum Gasteiger partial charge on any atom is -0.438 e. The molecule has 0 saturated carbocycles. The quantitative estimate of drug-likeness (QED) is 0.612. The molecule has 1 atom stereocenters. The molecule has 3 heterocycles. The minimum atomic E-state index is -4.13. The van der Waals surface area contributed by atoms with E-state index in [-0.39, 0.29) is 34.6 Å². The third-order valence-corrected chi connectivity index (χ3v) is 5.40. The number of H-pyrrole nitrogens is 1. The van der Waals surface area contributed by atoms with Crippen molar-refractivity contribution in [1.82, 2.24) is 9.55 Å². The number of furan rings is 1. The maximum atomic E-state index is 13.8. The lowest BCUT2D eigenvalue weighted by Gasteiger charge is -2.21. The lowest BCUT2D eigenvalue weighted by molar-refractivity contribution is 0.117. The third-order valence-electron chi connectivity index (χ3n) is 3.85. The van der Waals surface area contributed by atoms with Crippen molar-refractivity contribution < 1.29 is 31.3 Å². The molecule has 29 heavy (non-hydrogen) atoms. The summed E-state index contributed by atoms with van der Waals surface area (Å²) in [7, 11) is -4.13. The Morgan fingerprint density at radius 2 is 2.03 bits per heavy atom. The van der Waals surface area contributed by atoms with Crippen molar-refractivity contribution in [3.8, 4) is 11.6 Å². The molecular weight excluding hydrogens is 437 g/mol. The summed E-state index contributed by atoms with van der Waals surface area (Å²) in [6.07, 6.45) is 0.631. The number of nitrogens with zero attached hydrogens (tertiary/aromatic N) is 1. The Hall–Kier alpha value is -2.72. The molecule has 3 aromatic rings. The Balaban J connectivity index is 1.56. The van der Waals surface area contributed by atoms with Crippen LogP contribution in [0, 0.1) is 11.6 Å². The van der Waals surface area contributed by atoms with E-state index >= 15 is 0 Å². The molecule has 0 spiro atoms. The molecule has 1 aromatic carbocycles. The second kappa shape index (κ2) is 7.27. The smallest absolute Gasteiger partial charge is 0.438 e. The van der Waals surface area contributed by atoms with E-state index in [4.69, 9.17) is 29.6 Å². The number of halogens is 3. The summed E-state index contributed by atoms with van der Waals surface area (Å²) in [4.78, 5) is 24.7. The molecule has 0 aliphatic carbocycles. The number of hydrogen-bond donors (Lipinski definition) is 1. The van der Waals surface area contributed by atoms with Gasteiger partial charge in [-0.1, -0.05) is 17.7 Å². The van der Waals surface area contributed by atoms with E-state index in [1.807, 2.05) is 0 Å². The Bertz CT molecular complexity index is 1270. The van der Waals surface area contributed by atoms with Crippen LogP contribution in [-0.4, -0.2) is 9.55 Å². The van der Waals surface area contributed by atoms with Gasteiger partial charge in [-0.3, -0.25) is 18.8 Å². The van der Waals surface area contributed by atoms with Crippen molar-refractivity contribution >= 4 is 19.4 Å². The fourth-order valence-corrected chi connectivity index (χ4v) is 3.75. The van der Waals surface area contributed by atoms with E-state index in [0.717, 1.165) is 12.1 Å². The van der Waals surface area contributed by atoms with Crippen LogP contribution in [0.5, 0.6) is 5.75 Å². The van der Waals surface area contributed by atoms with Crippen molar-refractivity contribution in [2.75, 3.05) is 0 Å². The predicted molar refractivity (Wildman–Crippen MR) is 94.1 cm³/mol. The van der Waals surface area contributed by atoms with Gasteiger partial charge in [-0.2, -0.15) is 4.39 Å². The Labute approximate surface area is 165 Å². The van der Waals surface area contributed by atoms with Gasteiger partial charge in [-0.25, -0.2) is 18.3 Å². The SMILES string of the molecule is O=c1[nH]c(=O)n(-c2cc3c(o2)COP(=O)(OCc2ccc(Cl)cc2F)O3)cc1F. The van der Waals surface area contributed by atoms with Gasteiger partial charge in [-0.15, -0.1) is 0 Å². The highest BCUT2D eigenvalue weighted by atomic mass is 35.5. The van der Waals surface area contributed by atoms with Crippen molar-refractivity contribution in [2.45, 2.75) is 13.2 Å². The molecule has 0 amide bonds. The number of fused-ring (bicyclic) bond motifs is 1. The van der Waals surface area contributed by atoms with Gasteiger partial charge in [0.2, 0.25) is 11.7 Å². The number of nitrogens with one attached hydrogen (secondary N) is 1. The van der Waals surface area contributed by atoms with Crippen LogP contribution in [0.2, 0.25) is 5.02 Å². The molecule has 1 aliphatic rings. The highest BCUT2D eigenvalue weighted by molar-refractivity contribution is 7.49.